The van der Waals surface area contributed by atoms with Gasteiger partial charge in [0.2, 0.25) is 0 Å². The summed E-state index contributed by atoms with van der Waals surface area (Å²) in [5.74, 6) is 1.32. The summed E-state index contributed by atoms with van der Waals surface area (Å²) in [5.41, 5.74) is 3.74. The number of hydrogen-bond donors (Lipinski definition) is 2. The smallest absolute Gasteiger partial charge is 0.446 e. The van der Waals surface area contributed by atoms with Gasteiger partial charge in [0, 0.05) is 42.0 Å². The number of guanidine groups is 1. The fourth-order valence-electron chi connectivity index (χ4n) is 3.74. The van der Waals surface area contributed by atoms with Crippen molar-refractivity contribution in [2.75, 3.05) is 44.7 Å². The molecule has 198 valence electrons. The average Bonchev–Trinajstić information content (AvgIpc) is 3.32. The molecule has 2 heterocycles. The number of para-hydroxylation sites is 1. The van der Waals surface area contributed by atoms with E-state index in [1.165, 1.54) is 23.5 Å². The molecule has 37 heavy (non-hydrogen) atoms. The van der Waals surface area contributed by atoms with Gasteiger partial charge in [0.1, 0.15) is 11.5 Å². The lowest BCUT2D eigenvalue weighted by molar-refractivity contribution is -0.0328. The Balaban J connectivity index is 1.37. The normalized spacial score (nSPS) is 15.1. The van der Waals surface area contributed by atoms with E-state index in [4.69, 9.17) is 15.2 Å². The van der Waals surface area contributed by atoms with Crippen molar-refractivity contribution in [3.8, 4) is 22.8 Å². The van der Waals surface area contributed by atoms with E-state index in [9.17, 15) is 13.2 Å². The maximum atomic E-state index is 12.7. The van der Waals surface area contributed by atoms with Crippen molar-refractivity contribution in [3.05, 3.63) is 53.4 Å². The van der Waals surface area contributed by atoms with Gasteiger partial charge >= 0.3 is 5.51 Å². The van der Waals surface area contributed by atoms with Gasteiger partial charge in [-0.25, -0.2) is 4.98 Å². The third-order valence-corrected chi connectivity index (χ3v) is 7.00. The number of aryl methyl sites for hydroxylation is 1. The Morgan fingerprint density at radius 1 is 1.22 bits per heavy atom. The van der Waals surface area contributed by atoms with Crippen LogP contribution in [0.3, 0.4) is 0 Å². The van der Waals surface area contributed by atoms with Gasteiger partial charge in [-0.3, -0.25) is 9.89 Å². The van der Waals surface area contributed by atoms with Crippen LogP contribution in [0.15, 0.2) is 57.7 Å². The number of anilines is 1. The number of halogens is 3. The molecule has 7 nitrogen and oxygen atoms in total. The maximum Gasteiger partial charge on any atom is 0.446 e. The number of morpholine rings is 1. The molecule has 0 saturated carbocycles. The second-order valence-corrected chi connectivity index (χ2v) is 10.3. The van der Waals surface area contributed by atoms with Gasteiger partial charge in [0.15, 0.2) is 11.1 Å². The summed E-state index contributed by atoms with van der Waals surface area (Å²) in [5, 5.41) is 5.52. The first-order valence-corrected chi connectivity index (χ1v) is 13.4. The van der Waals surface area contributed by atoms with Gasteiger partial charge < -0.3 is 20.5 Å². The van der Waals surface area contributed by atoms with Crippen LogP contribution in [0.25, 0.3) is 11.3 Å². The molecule has 2 aromatic carbocycles. The molecule has 0 amide bonds. The zero-order chi connectivity index (χ0) is 26.3. The number of aromatic nitrogens is 1. The molecular formula is C25H28F3N5O2S2. The van der Waals surface area contributed by atoms with Crippen LogP contribution in [0, 0.1) is 6.92 Å². The Morgan fingerprint density at radius 2 is 2.00 bits per heavy atom. The van der Waals surface area contributed by atoms with Crippen LogP contribution in [0.4, 0.5) is 18.3 Å². The van der Waals surface area contributed by atoms with Crippen molar-refractivity contribution in [1.82, 2.24) is 9.88 Å². The fraction of sp³-hybridized carbons (Fsp3) is 0.360. The Morgan fingerprint density at radius 3 is 2.76 bits per heavy atom. The highest BCUT2D eigenvalue weighted by Crippen LogP contribution is 2.40. The highest BCUT2D eigenvalue weighted by molar-refractivity contribution is 8.00. The lowest BCUT2D eigenvalue weighted by Crippen LogP contribution is -2.37. The topological polar surface area (TPSA) is 85.0 Å². The van der Waals surface area contributed by atoms with E-state index in [1.54, 1.807) is 19.1 Å². The van der Waals surface area contributed by atoms with Crippen molar-refractivity contribution in [2.45, 2.75) is 23.7 Å². The first-order valence-electron chi connectivity index (χ1n) is 11.7. The molecule has 1 aliphatic heterocycles. The number of ether oxygens (including phenoxy) is 2. The molecule has 4 rings (SSSR count). The van der Waals surface area contributed by atoms with E-state index >= 15 is 0 Å². The van der Waals surface area contributed by atoms with E-state index < -0.39 is 5.51 Å². The molecular weight excluding hydrogens is 523 g/mol. The summed E-state index contributed by atoms with van der Waals surface area (Å²) in [6.45, 7) is 6.75. The van der Waals surface area contributed by atoms with Gasteiger partial charge in [0.25, 0.3) is 0 Å². The minimum atomic E-state index is -4.34. The molecule has 3 aromatic rings. The monoisotopic (exact) mass is 551 g/mol. The van der Waals surface area contributed by atoms with Crippen molar-refractivity contribution in [1.29, 1.82) is 0 Å². The Kier molecular flexibility index (Phi) is 9.30. The van der Waals surface area contributed by atoms with Crippen molar-refractivity contribution in [2.24, 2.45) is 10.7 Å². The number of aliphatic imine (C=N–C) groups is 1. The van der Waals surface area contributed by atoms with Crippen LogP contribution in [0.2, 0.25) is 0 Å². The molecule has 1 aromatic heterocycles. The third-order valence-electron chi connectivity index (χ3n) is 5.52. The summed E-state index contributed by atoms with van der Waals surface area (Å²) in [4.78, 5) is 11.5. The van der Waals surface area contributed by atoms with Gasteiger partial charge in [-0.15, -0.1) is 11.3 Å². The molecule has 0 radical (unpaired) electrons. The number of nitrogens with zero attached hydrogens (tertiary/aromatic N) is 3. The minimum Gasteiger partial charge on any atom is -0.456 e. The predicted molar refractivity (Wildman–Crippen MR) is 143 cm³/mol. The summed E-state index contributed by atoms with van der Waals surface area (Å²) in [6, 6.07) is 11.8. The summed E-state index contributed by atoms with van der Waals surface area (Å²) < 4.78 is 49.5. The van der Waals surface area contributed by atoms with E-state index in [0.29, 0.717) is 40.4 Å². The summed E-state index contributed by atoms with van der Waals surface area (Å²) in [7, 11) is 0. The first kappa shape index (κ1) is 27.2. The molecule has 0 bridgehead atoms. The van der Waals surface area contributed by atoms with Crippen LogP contribution < -0.4 is 15.8 Å². The zero-order valence-corrected chi connectivity index (χ0v) is 21.9. The zero-order valence-electron chi connectivity index (χ0n) is 20.3. The highest BCUT2D eigenvalue weighted by Gasteiger charge is 2.29. The lowest BCUT2D eigenvalue weighted by Gasteiger charge is -2.26. The van der Waals surface area contributed by atoms with Crippen molar-refractivity contribution in [3.63, 3.8) is 0 Å². The van der Waals surface area contributed by atoms with Gasteiger partial charge in [-0.05, 0) is 61.0 Å². The fourth-order valence-corrected chi connectivity index (χ4v) is 5.10. The quantitative estimate of drug-likeness (QED) is 0.147. The average molecular weight is 552 g/mol. The number of rotatable bonds is 9. The second kappa shape index (κ2) is 12.6. The van der Waals surface area contributed by atoms with Crippen LogP contribution >= 0.6 is 23.1 Å². The van der Waals surface area contributed by atoms with Gasteiger partial charge in [-0.2, -0.15) is 13.2 Å². The number of nitrogens with two attached hydrogens (primary N) is 1. The van der Waals surface area contributed by atoms with E-state index in [1.807, 2.05) is 23.6 Å². The van der Waals surface area contributed by atoms with Crippen LogP contribution in [-0.2, 0) is 4.74 Å². The van der Waals surface area contributed by atoms with Crippen LogP contribution in [0.1, 0.15) is 12.0 Å². The molecule has 0 aliphatic carbocycles. The van der Waals surface area contributed by atoms with E-state index in [0.717, 1.165) is 44.8 Å². The number of benzene rings is 2. The Labute approximate surface area is 221 Å². The Bertz CT molecular complexity index is 1210. The molecule has 0 spiro atoms. The molecule has 1 fully saturated rings. The van der Waals surface area contributed by atoms with E-state index in [-0.39, 0.29) is 16.7 Å². The number of hydrogen-bond acceptors (Lipinski definition) is 7. The molecule has 3 N–H and O–H groups in total. The molecule has 0 atom stereocenters. The standard InChI is InChI=1S/C25H28F3N5O2S2/c1-17-15-18(37-25(26,27)28)7-8-21(17)35-22-6-3-2-5-19(22)20-16-36-24(31-20)32-23(29)30-9-4-10-33-11-13-34-14-12-33/h2-3,5-8,15-16H,4,9-14H2,1H3,(H3,29,30,31,32). The van der Waals surface area contributed by atoms with Gasteiger partial charge in [-0.1, -0.05) is 12.1 Å². The highest BCUT2D eigenvalue weighted by atomic mass is 32.2. The molecule has 0 unspecified atom stereocenters. The summed E-state index contributed by atoms with van der Waals surface area (Å²) in [6.07, 6.45) is 0.908. The van der Waals surface area contributed by atoms with Crippen molar-refractivity contribution >= 4 is 34.2 Å². The predicted octanol–water partition coefficient (Wildman–Crippen LogP) is 5.97. The van der Waals surface area contributed by atoms with Crippen molar-refractivity contribution < 1.29 is 22.6 Å². The largest absolute Gasteiger partial charge is 0.456 e. The Hall–Kier alpha value is -2.80. The van der Waals surface area contributed by atoms with E-state index in [2.05, 4.69) is 20.2 Å². The van der Waals surface area contributed by atoms with Crippen LogP contribution in [0.5, 0.6) is 11.5 Å². The second-order valence-electron chi connectivity index (χ2n) is 8.31. The van der Waals surface area contributed by atoms with Gasteiger partial charge in [0.05, 0.1) is 18.9 Å². The summed E-state index contributed by atoms with van der Waals surface area (Å²) >= 11 is 1.24. The third kappa shape index (κ3) is 8.35. The number of nitrogens with one attached hydrogen (secondary N) is 1. The number of thioether (sulfide) groups is 1. The number of thiazole rings is 1. The minimum absolute atomic E-state index is 0.112. The maximum absolute atomic E-state index is 12.7. The molecule has 12 heteroatoms. The SMILES string of the molecule is Cc1cc(SC(F)(F)F)ccc1Oc1ccccc1-c1csc(NC(N)=NCCCN2CCOCC2)n1. The lowest BCUT2D eigenvalue weighted by atomic mass is 10.1. The first-order chi connectivity index (χ1) is 17.8. The number of alkyl halides is 3. The molecule has 1 aliphatic rings. The van der Waals surface area contributed by atoms with Crippen LogP contribution in [-0.4, -0.2) is 60.7 Å². The molecule has 1 saturated heterocycles.